The maximum atomic E-state index is 14.9. The third-order valence-corrected chi connectivity index (χ3v) is 5.46. The fraction of sp³-hybridized carbons (Fsp3) is 0.833. The molecule has 0 nitrogen and oxygen atoms in total. The van der Waals surface area contributed by atoms with Gasteiger partial charge in [-0.25, -0.2) is 13.2 Å². The zero-order valence-electron chi connectivity index (χ0n) is 10.4. The highest BCUT2D eigenvalue weighted by Gasteiger charge is 3.01. The molecule has 0 N–H and O–H groups in total. The van der Waals surface area contributed by atoms with E-state index in [-0.39, 0.29) is 0 Å². The Labute approximate surface area is 113 Å². The van der Waals surface area contributed by atoms with Gasteiger partial charge < -0.3 is 0 Å². The molecule has 0 saturated heterocycles. The third kappa shape index (κ3) is 1.14. The number of hydrogen-bond acceptors (Lipinski definition) is 0. The van der Waals surface area contributed by atoms with Crippen LogP contribution in [0.2, 0.25) is 0 Å². The van der Waals surface area contributed by atoms with Crippen LogP contribution in [-0.2, 0) is 0 Å². The smallest absolute Gasteiger partial charge is 0.235 e. The second-order valence-corrected chi connectivity index (χ2v) is 6.12. The van der Waals surface area contributed by atoms with Gasteiger partial charge in [0.25, 0.3) is 5.92 Å². The third-order valence-electron chi connectivity index (χ3n) is 5.46. The molecular formula is C12H9F9. The fourth-order valence-corrected chi connectivity index (χ4v) is 4.17. The van der Waals surface area contributed by atoms with Crippen molar-refractivity contribution in [3.63, 3.8) is 0 Å². The Morgan fingerprint density at radius 3 is 1.76 bits per heavy atom. The minimum absolute atomic E-state index is 0.415. The minimum atomic E-state index is -6.18. The van der Waals surface area contributed by atoms with Crippen LogP contribution in [0.1, 0.15) is 13.3 Å². The van der Waals surface area contributed by atoms with Crippen molar-refractivity contribution in [2.24, 2.45) is 22.7 Å². The predicted molar refractivity (Wildman–Crippen MR) is 52.2 cm³/mol. The second kappa shape index (κ2) is 3.22. The Bertz CT molecular complexity index is 514. The van der Waals surface area contributed by atoms with Gasteiger partial charge >= 0.3 is 12.4 Å². The van der Waals surface area contributed by atoms with Crippen LogP contribution in [0.3, 0.4) is 0 Å². The van der Waals surface area contributed by atoms with Crippen molar-refractivity contribution < 1.29 is 39.5 Å². The van der Waals surface area contributed by atoms with E-state index in [1.165, 1.54) is 0 Å². The van der Waals surface area contributed by atoms with Gasteiger partial charge in [0.2, 0.25) is 5.67 Å². The number of rotatable bonds is 1. The zero-order chi connectivity index (χ0) is 16.3. The molecule has 0 aromatic heterocycles. The van der Waals surface area contributed by atoms with Gasteiger partial charge in [-0.05, 0) is 19.3 Å². The number of hydrogen-bond donors (Lipinski definition) is 0. The molecule has 4 unspecified atom stereocenters. The fourth-order valence-electron chi connectivity index (χ4n) is 4.17. The van der Waals surface area contributed by atoms with Crippen LogP contribution < -0.4 is 0 Å². The molecule has 120 valence electrons. The summed E-state index contributed by atoms with van der Waals surface area (Å²) in [6.07, 6.45) is -10.9. The first-order valence-electron chi connectivity index (χ1n) is 6.08. The summed E-state index contributed by atoms with van der Waals surface area (Å²) in [6.45, 7) is -0.500. The van der Waals surface area contributed by atoms with Gasteiger partial charge in [0, 0.05) is 5.41 Å². The maximum Gasteiger partial charge on any atom is 0.406 e. The van der Waals surface area contributed by atoms with Gasteiger partial charge in [-0.2, -0.15) is 26.3 Å². The van der Waals surface area contributed by atoms with Crippen LogP contribution in [0.25, 0.3) is 0 Å². The van der Waals surface area contributed by atoms with Crippen molar-refractivity contribution in [3.05, 3.63) is 12.2 Å². The van der Waals surface area contributed by atoms with Crippen molar-refractivity contribution >= 4 is 0 Å². The van der Waals surface area contributed by atoms with Crippen LogP contribution in [0.5, 0.6) is 0 Å². The number of alkyl halides is 9. The molecule has 4 atom stereocenters. The van der Waals surface area contributed by atoms with E-state index in [0.29, 0.717) is 0 Å². The Morgan fingerprint density at radius 1 is 0.905 bits per heavy atom. The summed E-state index contributed by atoms with van der Waals surface area (Å²) in [6, 6.07) is 0. The van der Waals surface area contributed by atoms with E-state index in [2.05, 4.69) is 0 Å². The van der Waals surface area contributed by atoms with E-state index in [1.807, 2.05) is 0 Å². The van der Waals surface area contributed by atoms with E-state index in [9.17, 15) is 39.5 Å². The number of allylic oxidation sites excluding steroid dienone is 2. The molecule has 21 heavy (non-hydrogen) atoms. The summed E-state index contributed by atoms with van der Waals surface area (Å²) in [5, 5.41) is 0. The molecule has 0 radical (unpaired) electrons. The second-order valence-electron chi connectivity index (χ2n) is 6.12. The summed E-state index contributed by atoms with van der Waals surface area (Å²) in [5.41, 5.74) is -12.1. The average molecular weight is 324 g/mol. The lowest BCUT2D eigenvalue weighted by molar-refractivity contribution is -0.448. The molecule has 0 heterocycles. The zero-order valence-corrected chi connectivity index (χ0v) is 10.4. The molecule has 1 spiro atoms. The van der Waals surface area contributed by atoms with E-state index >= 15 is 0 Å². The van der Waals surface area contributed by atoms with Crippen molar-refractivity contribution in [3.8, 4) is 0 Å². The average Bonchev–Trinajstić information content (AvgIpc) is 2.92. The largest absolute Gasteiger partial charge is 0.406 e. The molecule has 0 amide bonds. The molecule has 0 aromatic carbocycles. The molecular weight excluding hydrogens is 315 g/mol. The Kier molecular flexibility index (Phi) is 2.30. The molecule has 3 aliphatic rings. The first kappa shape index (κ1) is 15.0. The first-order valence-corrected chi connectivity index (χ1v) is 6.08. The topological polar surface area (TPSA) is 0 Å². The van der Waals surface area contributed by atoms with Crippen LogP contribution in [0, 0.1) is 22.7 Å². The Morgan fingerprint density at radius 2 is 1.38 bits per heavy atom. The van der Waals surface area contributed by atoms with Gasteiger partial charge in [0.1, 0.15) is 0 Å². The molecule has 0 aromatic rings. The SMILES string of the molecule is CC(C(F)(F)F)(C(F)(F)F)C1(F)C(F)(F)C2C=CC3CC321. The molecule has 2 fully saturated rings. The standard InChI is InChI=1S/C12H9F9/c1-7(11(16,17)18,12(19,20)21)10(15)8-4-5(8)2-3-6(8)9(10,13)14/h2-3,5-6H,4H2,1H3. The van der Waals surface area contributed by atoms with Crippen molar-refractivity contribution in [1.82, 2.24) is 0 Å². The van der Waals surface area contributed by atoms with Crippen molar-refractivity contribution in [2.75, 3.05) is 0 Å². The lowest BCUT2D eigenvalue weighted by Crippen LogP contribution is -2.81. The van der Waals surface area contributed by atoms with Crippen LogP contribution >= 0.6 is 0 Å². The molecule has 3 aliphatic carbocycles. The normalized spacial score (nSPS) is 44.1. The van der Waals surface area contributed by atoms with Crippen LogP contribution in [0.4, 0.5) is 39.5 Å². The first-order chi connectivity index (χ1) is 9.19. The van der Waals surface area contributed by atoms with E-state index < -0.39 is 60.0 Å². The predicted octanol–water partition coefficient (Wildman–Crippen LogP) is 4.67. The number of halogens is 9. The monoisotopic (exact) mass is 324 g/mol. The lowest BCUT2D eigenvalue weighted by atomic mass is 9.47. The van der Waals surface area contributed by atoms with E-state index in [4.69, 9.17) is 0 Å². The van der Waals surface area contributed by atoms with Crippen molar-refractivity contribution in [2.45, 2.75) is 37.3 Å². The van der Waals surface area contributed by atoms with Gasteiger partial charge in [-0.3, -0.25) is 0 Å². The summed E-state index contributed by atoms with van der Waals surface area (Å²) in [4.78, 5) is 0. The Hall–Kier alpha value is -0.890. The highest BCUT2D eigenvalue weighted by atomic mass is 19.4. The van der Waals surface area contributed by atoms with Gasteiger partial charge in [0.15, 0.2) is 5.41 Å². The van der Waals surface area contributed by atoms with Crippen LogP contribution in [0.15, 0.2) is 12.2 Å². The van der Waals surface area contributed by atoms with Gasteiger partial charge in [-0.15, -0.1) is 0 Å². The highest BCUT2D eigenvalue weighted by Crippen LogP contribution is 2.88. The van der Waals surface area contributed by atoms with Gasteiger partial charge in [-0.1, -0.05) is 12.2 Å². The summed E-state index contributed by atoms with van der Waals surface area (Å²) >= 11 is 0. The molecule has 2 saturated carbocycles. The van der Waals surface area contributed by atoms with Crippen LogP contribution in [-0.4, -0.2) is 23.9 Å². The molecule has 0 bridgehead atoms. The van der Waals surface area contributed by atoms with E-state index in [1.54, 1.807) is 0 Å². The quantitative estimate of drug-likeness (QED) is 0.486. The summed E-state index contributed by atoms with van der Waals surface area (Å²) < 4.78 is 121. The lowest BCUT2D eigenvalue weighted by Gasteiger charge is -2.62. The molecule has 3 rings (SSSR count). The molecule has 9 heteroatoms. The van der Waals surface area contributed by atoms with E-state index in [0.717, 1.165) is 12.2 Å². The highest BCUT2D eigenvalue weighted by molar-refractivity contribution is 5.46. The summed E-state index contributed by atoms with van der Waals surface area (Å²) in [7, 11) is 0. The van der Waals surface area contributed by atoms with Crippen molar-refractivity contribution in [1.29, 1.82) is 0 Å². The molecule has 0 aliphatic heterocycles. The Balaban J connectivity index is 2.22. The van der Waals surface area contributed by atoms with Gasteiger partial charge in [0.05, 0.1) is 5.92 Å². The summed E-state index contributed by atoms with van der Waals surface area (Å²) in [5.74, 6) is -7.60. The maximum absolute atomic E-state index is 14.9. The minimum Gasteiger partial charge on any atom is -0.235 e.